The molecule has 0 atom stereocenters. The Bertz CT molecular complexity index is 969. The summed E-state index contributed by atoms with van der Waals surface area (Å²) in [5, 5.41) is 7.13. The number of fused-ring (bicyclic) bond motifs is 1. The van der Waals surface area contributed by atoms with Gasteiger partial charge in [-0.15, -0.1) is 0 Å². The molecule has 0 unspecified atom stereocenters. The number of hydrogen-bond acceptors (Lipinski definition) is 4. The van der Waals surface area contributed by atoms with E-state index in [9.17, 15) is 9.59 Å². The number of benzene rings is 1. The number of rotatable bonds is 7. The lowest BCUT2D eigenvalue weighted by atomic mass is 10.1. The molecule has 2 N–H and O–H groups in total. The molecule has 1 aliphatic rings. The topological polar surface area (TPSA) is 75.6 Å². The van der Waals surface area contributed by atoms with Gasteiger partial charge in [0.1, 0.15) is 12.2 Å². The van der Waals surface area contributed by atoms with Crippen molar-refractivity contribution in [3.8, 4) is 0 Å². The monoisotopic (exact) mass is 464 g/mol. The molecule has 1 aliphatic heterocycles. The summed E-state index contributed by atoms with van der Waals surface area (Å²) in [5.74, 6) is -0.259. The molecule has 7 nitrogen and oxygen atoms in total. The maximum atomic E-state index is 12.5. The van der Waals surface area contributed by atoms with Gasteiger partial charge in [0.2, 0.25) is 5.91 Å². The number of nitrogens with zero attached hydrogens (tertiary/aromatic N) is 2. The second-order valence-electron chi connectivity index (χ2n) is 6.25. The Morgan fingerprint density at radius 2 is 2.21 bits per heavy atom. The highest BCUT2D eigenvalue weighted by molar-refractivity contribution is 9.10. The second kappa shape index (κ2) is 8.85. The van der Waals surface area contributed by atoms with Gasteiger partial charge in [-0.2, -0.15) is 0 Å². The van der Waals surface area contributed by atoms with Crippen LogP contribution < -0.4 is 10.6 Å². The first kappa shape index (κ1) is 20.5. The molecule has 148 valence electrons. The third-order valence-electron chi connectivity index (χ3n) is 4.39. The fourth-order valence-corrected chi connectivity index (χ4v) is 3.74. The molecule has 3 rings (SSSR count). The number of aromatic nitrogens is 1. The second-order valence-corrected chi connectivity index (χ2v) is 7.56. The van der Waals surface area contributed by atoms with Crippen molar-refractivity contribution in [2.45, 2.75) is 13.5 Å². The minimum Gasteiger partial charge on any atom is -0.383 e. The van der Waals surface area contributed by atoms with E-state index in [1.807, 2.05) is 35.9 Å². The molecular weight excluding hydrogens is 444 g/mol. The van der Waals surface area contributed by atoms with Gasteiger partial charge in [-0.1, -0.05) is 15.9 Å². The van der Waals surface area contributed by atoms with Crippen molar-refractivity contribution in [3.63, 3.8) is 0 Å². The van der Waals surface area contributed by atoms with Crippen LogP contribution in [0.25, 0.3) is 17.0 Å². The lowest BCUT2D eigenvalue weighted by molar-refractivity contribution is -0.122. The van der Waals surface area contributed by atoms with E-state index in [1.165, 1.54) is 4.90 Å². The summed E-state index contributed by atoms with van der Waals surface area (Å²) in [6.45, 7) is 3.48. The minimum atomic E-state index is -0.152. The molecule has 2 aromatic rings. The number of halogens is 1. The molecule has 1 fully saturated rings. The summed E-state index contributed by atoms with van der Waals surface area (Å²) in [4.78, 5) is 26.2. The molecule has 1 aromatic heterocycles. The number of carbonyl (C=O) groups is 2. The Morgan fingerprint density at radius 3 is 2.89 bits per heavy atom. The first-order chi connectivity index (χ1) is 13.4. The van der Waals surface area contributed by atoms with Crippen LogP contribution in [-0.2, 0) is 20.9 Å². The molecule has 0 spiro atoms. The van der Waals surface area contributed by atoms with Gasteiger partial charge < -0.3 is 19.9 Å². The predicted molar refractivity (Wildman–Crippen MR) is 116 cm³/mol. The van der Waals surface area contributed by atoms with Crippen LogP contribution in [0.4, 0.5) is 0 Å². The number of ether oxygens (including phenoxy) is 1. The zero-order valence-corrected chi connectivity index (χ0v) is 18.0. The highest BCUT2D eigenvalue weighted by Gasteiger charge is 2.29. The van der Waals surface area contributed by atoms with Gasteiger partial charge in [-0.25, -0.2) is 0 Å². The van der Waals surface area contributed by atoms with Gasteiger partial charge in [-0.3, -0.25) is 14.5 Å². The summed E-state index contributed by atoms with van der Waals surface area (Å²) in [5.41, 5.74) is 2.16. The molecule has 9 heteroatoms. The van der Waals surface area contributed by atoms with Crippen molar-refractivity contribution in [2.24, 2.45) is 0 Å². The summed E-state index contributed by atoms with van der Waals surface area (Å²) in [7, 11) is 1.59. The number of amides is 2. The van der Waals surface area contributed by atoms with Gasteiger partial charge in [-0.05, 0) is 43.4 Å². The van der Waals surface area contributed by atoms with Crippen LogP contribution in [0.2, 0.25) is 0 Å². The average Bonchev–Trinajstić information content (AvgIpc) is 3.12. The molecule has 28 heavy (non-hydrogen) atoms. The predicted octanol–water partition coefficient (Wildman–Crippen LogP) is 2.24. The Morgan fingerprint density at radius 1 is 1.43 bits per heavy atom. The Hall–Kier alpha value is -2.23. The fourth-order valence-electron chi connectivity index (χ4n) is 3.06. The summed E-state index contributed by atoms with van der Waals surface area (Å²) < 4.78 is 7.73. The number of hydrogen-bond donors (Lipinski definition) is 2. The molecule has 0 bridgehead atoms. The highest BCUT2D eigenvalue weighted by atomic mass is 79.9. The van der Waals surface area contributed by atoms with Crippen molar-refractivity contribution >= 4 is 62.1 Å². The number of carbonyl (C=O) groups excluding carboxylic acids is 2. The average molecular weight is 465 g/mol. The van der Waals surface area contributed by atoms with Crippen LogP contribution in [0, 0.1) is 0 Å². The van der Waals surface area contributed by atoms with Crippen LogP contribution in [0.5, 0.6) is 0 Å². The molecule has 1 saturated heterocycles. The van der Waals surface area contributed by atoms with Gasteiger partial charge in [0.25, 0.3) is 5.91 Å². The van der Waals surface area contributed by atoms with Crippen molar-refractivity contribution in [2.75, 3.05) is 26.8 Å². The fraction of sp³-hybridized carbons (Fsp3) is 0.316. The molecule has 0 aliphatic carbocycles. The van der Waals surface area contributed by atoms with E-state index in [2.05, 4.69) is 26.6 Å². The van der Waals surface area contributed by atoms with Crippen LogP contribution >= 0.6 is 28.1 Å². The van der Waals surface area contributed by atoms with E-state index in [0.29, 0.717) is 30.5 Å². The van der Waals surface area contributed by atoms with E-state index < -0.39 is 0 Å². The van der Waals surface area contributed by atoms with E-state index in [0.717, 1.165) is 20.9 Å². The molecule has 0 saturated carbocycles. The number of nitrogens with one attached hydrogen (secondary N) is 2. The summed E-state index contributed by atoms with van der Waals surface area (Å²) in [6, 6.07) is 5.83. The summed E-state index contributed by atoms with van der Waals surface area (Å²) in [6.07, 6.45) is 3.64. The SMILES string of the molecule is CCN1C(=O)/C(=C/c2cn(CC(=O)NCCOC)c3ccc(Br)cc23)NC1=S. The maximum absolute atomic E-state index is 12.5. The highest BCUT2D eigenvalue weighted by Crippen LogP contribution is 2.27. The normalized spacial score (nSPS) is 15.5. The molecule has 1 aromatic carbocycles. The van der Waals surface area contributed by atoms with Gasteiger partial charge in [0.15, 0.2) is 5.11 Å². The van der Waals surface area contributed by atoms with Crippen molar-refractivity contribution in [1.29, 1.82) is 0 Å². The van der Waals surface area contributed by atoms with E-state index >= 15 is 0 Å². The van der Waals surface area contributed by atoms with Gasteiger partial charge >= 0.3 is 0 Å². The molecule has 2 amide bonds. The Kier molecular flexibility index (Phi) is 6.48. The standard InChI is InChI=1S/C19H21BrN4O3S/c1-3-24-18(26)15(22-19(24)28)8-12-10-23(11-17(25)21-6-7-27-2)16-5-4-13(20)9-14(12)16/h4-5,8-10H,3,6-7,11H2,1-2H3,(H,21,25)(H,22,28)/b15-8-. The minimum absolute atomic E-state index is 0.107. The number of thiocarbonyl (C=S) groups is 1. The number of likely N-dealkylation sites (N-methyl/N-ethyl adjacent to an activating group) is 1. The lowest BCUT2D eigenvalue weighted by Crippen LogP contribution is -2.30. The largest absolute Gasteiger partial charge is 0.383 e. The van der Waals surface area contributed by atoms with Gasteiger partial charge in [0.05, 0.1) is 6.61 Å². The van der Waals surface area contributed by atoms with Crippen molar-refractivity contribution in [1.82, 2.24) is 20.1 Å². The smallest absolute Gasteiger partial charge is 0.276 e. The third kappa shape index (κ3) is 4.26. The lowest BCUT2D eigenvalue weighted by Gasteiger charge is -2.08. The van der Waals surface area contributed by atoms with Crippen molar-refractivity contribution in [3.05, 3.63) is 40.1 Å². The maximum Gasteiger partial charge on any atom is 0.276 e. The first-order valence-electron chi connectivity index (χ1n) is 8.83. The zero-order valence-electron chi connectivity index (χ0n) is 15.6. The van der Waals surface area contributed by atoms with E-state index in [4.69, 9.17) is 17.0 Å². The molecule has 0 radical (unpaired) electrons. The van der Waals surface area contributed by atoms with E-state index in [1.54, 1.807) is 13.2 Å². The molecule has 2 heterocycles. The summed E-state index contributed by atoms with van der Waals surface area (Å²) >= 11 is 8.71. The number of methoxy groups -OCH3 is 1. The van der Waals surface area contributed by atoms with E-state index in [-0.39, 0.29) is 18.4 Å². The Labute approximate surface area is 176 Å². The van der Waals surface area contributed by atoms with Gasteiger partial charge in [0, 0.05) is 47.3 Å². The molecular formula is C19H21BrN4O3S. The van der Waals surface area contributed by atoms with Crippen LogP contribution in [0.1, 0.15) is 12.5 Å². The Balaban J connectivity index is 1.94. The quantitative estimate of drug-likeness (QED) is 0.373. The van der Waals surface area contributed by atoms with Crippen LogP contribution in [-0.4, -0.2) is 53.2 Å². The van der Waals surface area contributed by atoms with Crippen LogP contribution in [0.3, 0.4) is 0 Å². The van der Waals surface area contributed by atoms with Crippen molar-refractivity contribution < 1.29 is 14.3 Å². The third-order valence-corrected chi connectivity index (χ3v) is 5.21. The zero-order chi connectivity index (χ0) is 20.3. The first-order valence-corrected chi connectivity index (χ1v) is 10.0. The van der Waals surface area contributed by atoms with Crippen LogP contribution in [0.15, 0.2) is 34.6 Å².